The molecule has 1 heterocycles. The molecule has 0 saturated heterocycles. The van der Waals surface area contributed by atoms with Crippen LogP contribution in [0.15, 0.2) is 29.6 Å². The SMILES string of the molecule is CCOC(=O)c1csc(N(Cc2cccc(OC)c2)CC(C)C)n1. The molecule has 1 aromatic heterocycles. The smallest absolute Gasteiger partial charge is 0.357 e. The normalized spacial score (nSPS) is 10.7. The maximum atomic E-state index is 11.8. The van der Waals surface area contributed by atoms with E-state index in [1.165, 1.54) is 11.3 Å². The first-order valence-corrected chi connectivity index (χ1v) is 8.92. The Labute approximate surface area is 147 Å². The number of benzene rings is 1. The van der Waals surface area contributed by atoms with Gasteiger partial charge in [0, 0.05) is 18.5 Å². The molecule has 0 bridgehead atoms. The molecule has 6 heteroatoms. The van der Waals surface area contributed by atoms with E-state index in [4.69, 9.17) is 9.47 Å². The number of aromatic nitrogens is 1. The Morgan fingerprint density at radius 2 is 2.17 bits per heavy atom. The highest BCUT2D eigenvalue weighted by atomic mass is 32.1. The zero-order chi connectivity index (χ0) is 17.5. The van der Waals surface area contributed by atoms with E-state index in [0.29, 0.717) is 24.8 Å². The Bertz CT molecular complexity index is 670. The zero-order valence-corrected chi connectivity index (χ0v) is 15.4. The van der Waals surface area contributed by atoms with Gasteiger partial charge in [-0.15, -0.1) is 11.3 Å². The second-order valence-corrected chi connectivity index (χ2v) is 6.70. The van der Waals surface area contributed by atoms with E-state index in [2.05, 4.69) is 29.8 Å². The highest BCUT2D eigenvalue weighted by molar-refractivity contribution is 7.13. The number of ether oxygens (including phenoxy) is 2. The van der Waals surface area contributed by atoms with Gasteiger partial charge in [0.2, 0.25) is 0 Å². The number of hydrogen-bond donors (Lipinski definition) is 0. The number of anilines is 1. The number of nitrogens with zero attached hydrogens (tertiary/aromatic N) is 2. The molecular weight excluding hydrogens is 324 g/mol. The van der Waals surface area contributed by atoms with Gasteiger partial charge in [-0.2, -0.15) is 0 Å². The molecule has 130 valence electrons. The fourth-order valence-electron chi connectivity index (χ4n) is 2.35. The molecule has 0 radical (unpaired) electrons. The fourth-order valence-corrected chi connectivity index (χ4v) is 3.16. The highest BCUT2D eigenvalue weighted by Crippen LogP contribution is 2.25. The van der Waals surface area contributed by atoms with E-state index in [1.807, 2.05) is 18.2 Å². The lowest BCUT2D eigenvalue weighted by molar-refractivity contribution is 0.0520. The van der Waals surface area contributed by atoms with Crippen LogP contribution in [0, 0.1) is 5.92 Å². The number of carbonyl (C=O) groups excluding carboxylic acids is 1. The molecule has 0 amide bonds. The van der Waals surface area contributed by atoms with Crippen molar-refractivity contribution in [2.24, 2.45) is 5.92 Å². The Morgan fingerprint density at radius 1 is 1.38 bits per heavy atom. The molecule has 0 unspecified atom stereocenters. The van der Waals surface area contributed by atoms with Gasteiger partial charge >= 0.3 is 5.97 Å². The number of methoxy groups -OCH3 is 1. The van der Waals surface area contributed by atoms with Gasteiger partial charge in [-0.05, 0) is 30.5 Å². The fraction of sp³-hybridized carbons (Fsp3) is 0.444. The van der Waals surface area contributed by atoms with Crippen LogP contribution in [0.5, 0.6) is 5.75 Å². The average molecular weight is 348 g/mol. The van der Waals surface area contributed by atoms with Crippen molar-refractivity contribution in [3.05, 3.63) is 40.9 Å². The summed E-state index contributed by atoms with van der Waals surface area (Å²) >= 11 is 1.47. The largest absolute Gasteiger partial charge is 0.497 e. The monoisotopic (exact) mass is 348 g/mol. The maximum Gasteiger partial charge on any atom is 0.357 e. The molecule has 0 saturated carbocycles. The lowest BCUT2D eigenvalue weighted by Gasteiger charge is -2.24. The van der Waals surface area contributed by atoms with Gasteiger partial charge < -0.3 is 14.4 Å². The van der Waals surface area contributed by atoms with E-state index in [1.54, 1.807) is 19.4 Å². The van der Waals surface area contributed by atoms with Crippen LogP contribution in [-0.4, -0.2) is 31.2 Å². The van der Waals surface area contributed by atoms with Crippen molar-refractivity contribution < 1.29 is 14.3 Å². The van der Waals surface area contributed by atoms with Crippen molar-refractivity contribution >= 4 is 22.4 Å². The molecular formula is C18H24N2O3S. The van der Waals surface area contributed by atoms with Crippen molar-refractivity contribution in [1.29, 1.82) is 0 Å². The molecule has 0 aliphatic carbocycles. The van der Waals surface area contributed by atoms with Crippen molar-refractivity contribution in [2.45, 2.75) is 27.3 Å². The molecule has 5 nitrogen and oxygen atoms in total. The van der Waals surface area contributed by atoms with E-state index in [0.717, 1.165) is 23.0 Å². The summed E-state index contributed by atoms with van der Waals surface area (Å²) in [6.45, 7) is 8.04. The Kier molecular flexibility index (Phi) is 6.61. The van der Waals surface area contributed by atoms with E-state index >= 15 is 0 Å². The summed E-state index contributed by atoms with van der Waals surface area (Å²) < 4.78 is 10.3. The van der Waals surface area contributed by atoms with Crippen LogP contribution in [0.1, 0.15) is 36.8 Å². The van der Waals surface area contributed by atoms with Crippen LogP contribution in [-0.2, 0) is 11.3 Å². The first-order chi connectivity index (χ1) is 11.5. The third kappa shape index (κ3) is 4.96. The number of rotatable bonds is 8. The number of hydrogen-bond acceptors (Lipinski definition) is 6. The predicted molar refractivity (Wildman–Crippen MR) is 97.0 cm³/mol. The van der Waals surface area contributed by atoms with Crippen LogP contribution >= 0.6 is 11.3 Å². The van der Waals surface area contributed by atoms with Crippen molar-refractivity contribution in [1.82, 2.24) is 4.98 Å². The summed E-state index contributed by atoms with van der Waals surface area (Å²) in [7, 11) is 1.66. The minimum Gasteiger partial charge on any atom is -0.497 e. The molecule has 1 aromatic carbocycles. The van der Waals surface area contributed by atoms with Gasteiger partial charge in [-0.25, -0.2) is 9.78 Å². The summed E-state index contributed by atoms with van der Waals surface area (Å²) in [5.41, 5.74) is 1.51. The van der Waals surface area contributed by atoms with Gasteiger partial charge in [0.15, 0.2) is 10.8 Å². The Hall–Kier alpha value is -2.08. The second kappa shape index (κ2) is 8.68. The topological polar surface area (TPSA) is 51.7 Å². The molecule has 24 heavy (non-hydrogen) atoms. The molecule has 2 rings (SSSR count). The molecule has 0 spiro atoms. The standard InChI is InChI=1S/C18H24N2O3S/c1-5-23-17(21)16-12-24-18(19-16)20(10-13(2)3)11-14-7-6-8-15(9-14)22-4/h6-9,12-13H,5,10-11H2,1-4H3. The second-order valence-electron chi connectivity index (χ2n) is 5.86. The molecule has 0 aliphatic rings. The van der Waals surface area contributed by atoms with Crippen LogP contribution in [0.25, 0.3) is 0 Å². The molecule has 0 N–H and O–H groups in total. The van der Waals surface area contributed by atoms with E-state index < -0.39 is 0 Å². The van der Waals surface area contributed by atoms with E-state index in [-0.39, 0.29) is 5.97 Å². The summed E-state index contributed by atoms with van der Waals surface area (Å²) in [4.78, 5) is 18.5. The van der Waals surface area contributed by atoms with Crippen molar-refractivity contribution in [2.75, 3.05) is 25.2 Å². The minimum absolute atomic E-state index is 0.352. The van der Waals surface area contributed by atoms with Crippen LogP contribution in [0.3, 0.4) is 0 Å². The summed E-state index contributed by atoms with van der Waals surface area (Å²) in [5, 5.41) is 2.58. The van der Waals surface area contributed by atoms with Crippen LogP contribution in [0.2, 0.25) is 0 Å². The maximum absolute atomic E-state index is 11.8. The van der Waals surface area contributed by atoms with Crippen molar-refractivity contribution in [3.8, 4) is 5.75 Å². The number of esters is 1. The number of carbonyl (C=O) groups is 1. The predicted octanol–water partition coefficient (Wildman–Crippen LogP) is 3.99. The van der Waals surface area contributed by atoms with Crippen LogP contribution < -0.4 is 9.64 Å². The molecule has 0 aliphatic heterocycles. The quantitative estimate of drug-likeness (QED) is 0.675. The van der Waals surface area contributed by atoms with E-state index in [9.17, 15) is 4.79 Å². The Balaban J connectivity index is 2.20. The van der Waals surface area contributed by atoms with Gasteiger partial charge in [0.25, 0.3) is 0 Å². The van der Waals surface area contributed by atoms with Gasteiger partial charge in [-0.1, -0.05) is 26.0 Å². The van der Waals surface area contributed by atoms with Crippen molar-refractivity contribution in [3.63, 3.8) is 0 Å². The molecule has 2 aromatic rings. The minimum atomic E-state index is -0.370. The third-order valence-corrected chi connectivity index (χ3v) is 4.24. The van der Waals surface area contributed by atoms with Gasteiger partial charge in [0.05, 0.1) is 13.7 Å². The third-order valence-electron chi connectivity index (χ3n) is 3.34. The first kappa shape index (κ1) is 18.3. The molecule has 0 atom stereocenters. The van der Waals surface area contributed by atoms with Crippen LogP contribution in [0.4, 0.5) is 5.13 Å². The number of thiazole rings is 1. The lowest BCUT2D eigenvalue weighted by Crippen LogP contribution is -2.27. The lowest BCUT2D eigenvalue weighted by atomic mass is 10.1. The summed E-state index contributed by atoms with van der Waals surface area (Å²) in [5.74, 6) is 0.944. The first-order valence-electron chi connectivity index (χ1n) is 8.04. The molecule has 0 fully saturated rings. The summed E-state index contributed by atoms with van der Waals surface area (Å²) in [6, 6.07) is 8.00. The average Bonchev–Trinajstić information content (AvgIpc) is 3.04. The van der Waals surface area contributed by atoms with Gasteiger partial charge in [0.1, 0.15) is 5.75 Å². The highest BCUT2D eigenvalue weighted by Gasteiger charge is 2.17. The summed E-state index contributed by atoms with van der Waals surface area (Å²) in [6.07, 6.45) is 0. The zero-order valence-electron chi connectivity index (χ0n) is 14.6. The Morgan fingerprint density at radius 3 is 2.83 bits per heavy atom. The van der Waals surface area contributed by atoms with Gasteiger partial charge in [-0.3, -0.25) is 0 Å².